The molecular formula is C12H20OSn. The molecule has 2 heteroatoms. The van der Waals surface area contributed by atoms with E-state index in [1.165, 1.54) is 0 Å². The zero-order chi connectivity index (χ0) is 10.8. The molecule has 0 radical (unpaired) electrons. The van der Waals surface area contributed by atoms with Crippen molar-refractivity contribution in [2.45, 2.75) is 34.8 Å². The number of hydrogen-bond donors (Lipinski definition) is 0. The van der Waals surface area contributed by atoms with E-state index in [0.29, 0.717) is 0 Å². The Morgan fingerprint density at radius 3 is 1.86 bits per heavy atom. The molecular weight excluding hydrogens is 279 g/mol. The minimum absolute atomic E-state index is 0.263. The summed E-state index contributed by atoms with van der Waals surface area (Å²) in [5.74, 6) is 0.985. The van der Waals surface area contributed by atoms with Gasteiger partial charge in [0.15, 0.2) is 0 Å². The van der Waals surface area contributed by atoms with Crippen LogP contribution in [-0.2, 0) is 0 Å². The third kappa shape index (κ3) is 3.52. The molecule has 0 fully saturated rings. The second-order valence-corrected chi connectivity index (χ2v) is 19.4. The fourth-order valence-corrected chi connectivity index (χ4v) is 4.64. The van der Waals surface area contributed by atoms with Gasteiger partial charge in [-0.1, -0.05) is 0 Å². The van der Waals surface area contributed by atoms with Crippen LogP contribution in [0.4, 0.5) is 0 Å². The molecule has 78 valence electrons. The molecule has 1 aromatic rings. The monoisotopic (exact) mass is 300 g/mol. The number of hydrogen-bond acceptors (Lipinski definition) is 1. The van der Waals surface area contributed by atoms with E-state index in [2.05, 4.69) is 52.9 Å². The Labute approximate surface area is 91.4 Å². The van der Waals surface area contributed by atoms with Gasteiger partial charge in [0.2, 0.25) is 0 Å². The Hall–Kier alpha value is -0.181. The van der Waals surface area contributed by atoms with Gasteiger partial charge in [0.25, 0.3) is 0 Å². The zero-order valence-corrected chi connectivity index (χ0v) is 12.6. The van der Waals surface area contributed by atoms with Gasteiger partial charge in [-0.2, -0.15) is 0 Å². The van der Waals surface area contributed by atoms with Crippen LogP contribution in [0.2, 0.25) is 14.8 Å². The quantitative estimate of drug-likeness (QED) is 0.780. The molecule has 0 N–H and O–H groups in total. The van der Waals surface area contributed by atoms with Crippen LogP contribution in [-0.4, -0.2) is 24.5 Å². The maximum atomic E-state index is 5.61. The molecule has 0 spiro atoms. The van der Waals surface area contributed by atoms with Crippen LogP contribution in [0.15, 0.2) is 24.3 Å². The van der Waals surface area contributed by atoms with Gasteiger partial charge in [0, 0.05) is 0 Å². The average molecular weight is 299 g/mol. The van der Waals surface area contributed by atoms with Crippen LogP contribution in [0.3, 0.4) is 0 Å². The molecule has 0 aliphatic heterocycles. The molecule has 0 amide bonds. The predicted octanol–water partition coefficient (Wildman–Crippen LogP) is 3.02. The van der Waals surface area contributed by atoms with E-state index in [9.17, 15) is 0 Å². The fraction of sp³-hybridized carbons (Fsp3) is 0.500. The number of benzene rings is 1. The molecule has 1 rings (SSSR count). The first kappa shape index (κ1) is 11.9. The number of rotatable bonds is 3. The Balaban J connectivity index is 2.79. The van der Waals surface area contributed by atoms with Crippen molar-refractivity contribution in [3.63, 3.8) is 0 Å². The molecule has 0 aliphatic rings. The van der Waals surface area contributed by atoms with Crippen molar-refractivity contribution in [1.29, 1.82) is 0 Å². The van der Waals surface area contributed by atoms with Crippen molar-refractivity contribution in [3.05, 3.63) is 24.3 Å². The summed E-state index contributed by atoms with van der Waals surface area (Å²) in [7, 11) is 0. The second-order valence-electron chi connectivity index (χ2n) is 4.94. The summed E-state index contributed by atoms with van der Waals surface area (Å²) >= 11 is -1.85. The van der Waals surface area contributed by atoms with E-state index in [4.69, 9.17) is 4.74 Å². The molecule has 0 heterocycles. The molecule has 0 saturated carbocycles. The zero-order valence-electron chi connectivity index (χ0n) is 9.79. The first-order chi connectivity index (χ1) is 6.39. The molecule has 14 heavy (non-hydrogen) atoms. The first-order valence-corrected chi connectivity index (χ1v) is 15.2. The van der Waals surface area contributed by atoms with Gasteiger partial charge in [-0.25, -0.2) is 0 Å². The minimum atomic E-state index is -1.85. The average Bonchev–Trinajstić information content (AvgIpc) is 2.02. The van der Waals surface area contributed by atoms with Crippen molar-refractivity contribution in [2.75, 3.05) is 0 Å². The van der Waals surface area contributed by atoms with Crippen LogP contribution in [0.25, 0.3) is 0 Å². The molecule has 0 aromatic heterocycles. The topological polar surface area (TPSA) is 9.23 Å². The normalized spacial score (nSPS) is 11.9. The van der Waals surface area contributed by atoms with Crippen molar-refractivity contribution in [2.24, 2.45) is 0 Å². The fourth-order valence-electron chi connectivity index (χ4n) is 1.31. The standard InChI is InChI=1S/C9H11O.3CH3.Sn/c1-8(2)10-9-6-4-3-5-7-9;;;;/h4-8H,1-2H3;3*1H3;. The van der Waals surface area contributed by atoms with Crippen molar-refractivity contribution in [1.82, 2.24) is 0 Å². The van der Waals surface area contributed by atoms with Gasteiger partial charge in [0.1, 0.15) is 0 Å². The third-order valence-corrected chi connectivity index (χ3v) is 7.99. The first-order valence-electron chi connectivity index (χ1n) is 5.17. The third-order valence-electron chi connectivity index (χ3n) is 2.09. The van der Waals surface area contributed by atoms with Crippen LogP contribution >= 0.6 is 0 Å². The summed E-state index contributed by atoms with van der Waals surface area (Å²) in [5, 5.41) is 0. The number of ether oxygens (including phenoxy) is 1. The summed E-state index contributed by atoms with van der Waals surface area (Å²) in [4.78, 5) is 7.27. The van der Waals surface area contributed by atoms with Gasteiger partial charge >= 0.3 is 91.5 Å². The van der Waals surface area contributed by atoms with E-state index in [1.807, 2.05) is 0 Å². The molecule has 0 saturated heterocycles. The summed E-state index contributed by atoms with van der Waals surface area (Å²) < 4.78 is 7.16. The van der Waals surface area contributed by atoms with Crippen LogP contribution < -0.4 is 8.32 Å². The van der Waals surface area contributed by atoms with Gasteiger partial charge in [-0.3, -0.25) is 0 Å². The van der Waals surface area contributed by atoms with E-state index in [-0.39, 0.29) is 6.10 Å². The van der Waals surface area contributed by atoms with Gasteiger partial charge < -0.3 is 0 Å². The maximum absolute atomic E-state index is 5.61. The molecule has 1 nitrogen and oxygen atoms in total. The van der Waals surface area contributed by atoms with E-state index >= 15 is 0 Å². The van der Waals surface area contributed by atoms with Crippen molar-refractivity contribution in [3.8, 4) is 5.75 Å². The van der Waals surface area contributed by atoms with E-state index in [0.717, 1.165) is 5.75 Å². The van der Waals surface area contributed by atoms with E-state index < -0.39 is 18.4 Å². The summed E-state index contributed by atoms with van der Waals surface area (Å²) in [6.07, 6.45) is 0.263. The van der Waals surface area contributed by atoms with Crippen LogP contribution in [0, 0.1) is 0 Å². The molecule has 0 aliphatic carbocycles. The van der Waals surface area contributed by atoms with Crippen molar-refractivity contribution >= 4 is 22.0 Å². The van der Waals surface area contributed by atoms with Crippen molar-refractivity contribution < 1.29 is 4.74 Å². The molecule has 0 atom stereocenters. The second kappa shape index (κ2) is 4.56. The SMILES string of the molecule is CC(C)Oc1cc[c]([Sn]([CH3])([CH3])[CH3])cc1. The Morgan fingerprint density at radius 1 is 1.00 bits per heavy atom. The van der Waals surface area contributed by atoms with Gasteiger partial charge in [0.05, 0.1) is 0 Å². The van der Waals surface area contributed by atoms with Crippen LogP contribution in [0.1, 0.15) is 13.8 Å². The van der Waals surface area contributed by atoms with E-state index in [1.54, 1.807) is 3.58 Å². The van der Waals surface area contributed by atoms with Gasteiger partial charge in [-0.15, -0.1) is 0 Å². The summed E-state index contributed by atoms with van der Waals surface area (Å²) in [6.45, 7) is 4.10. The predicted molar refractivity (Wildman–Crippen MR) is 65.2 cm³/mol. The molecule has 0 unspecified atom stereocenters. The Bertz CT molecular complexity index is 282. The summed E-state index contributed by atoms with van der Waals surface area (Å²) in [6, 6.07) is 8.65. The Kier molecular flexibility index (Phi) is 3.87. The van der Waals surface area contributed by atoms with Gasteiger partial charge in [-0.05, 0) is 0 Å². The molecule has 1 aromatic carbocycles. The molecule has 0 bridgehead atoms. The Morgan fingerprint density at radius 2 is 1.50 bits per heavy atom. The summed E-state index contributed by atoms with van der Waals surface area (Å²) in [5.41, 5.74) is 0. The van der Waals surface area contributed by atoms with Crippen LogP contribution in [0.5, 0.6) is 5.75 Å².